The van der Waals surface area contributed by atoms with Crippen molar-refractivity contribution in [2.75, 3.05) is 0 Å². The van der Waals surface area contributed by atoms with Crippen molar-refractivity contribution < 1.29 is 39.9 Å². The number of carbonyl (C=O) groups is 3. The molecule has 166 valence electrons. The number of Topliss-reactive ketones (excluding diaryl/α,β-unsaturated/α-hetero) is 2. The number of carbonyl (C=O) groups excluding carboxylic acids is 3. The number of primary amides is 1. The van der Waals surface area contributed by atoms with E-state index in [0.29, 0.717) is 11.1 Å². The number of fused-ring (bicyclic) bond motifs is 3. The normalized spacial score (nSPS) is 31.4. The highest BCUT2D eigenvalue weighted by Crippen LogP contribution is 2.55. The molecule has 9 nitrogen and oxygen atoms in total. The average Bonchev–Trinajstić information content (AvgIpc) is 2.71. The van der Waals surface area contributed by atoms with Crippen LogP contribution in [0.25, 0.3) is 5.76 Å². The van der Waals surface area contributed by atoms with Gasteiger partial charge in [0.25, 0.3) is 5.91 Å². The molecule has 1 aromatic rings. The molecule has 0 radical (unpaired) electrons. The van der Waals surface area contributed by atoms with E-state index in [-0.39, 0.29) is 11.3 Å². The van der Waals surface area contributed by atoms with Gasteiger partial charge in [-0.15, -0.1) is 5.92 Å². The smallest absolute Gasteiger partial charge is 0.255 e. The van der Waals surface area contributed by atoms with E-state index in [2.05, 4.69) is 11.8 Å². The van der Waals surface area contributed by atoms with Gasteiger partial charge < -0.3 is 31.3 Å². The zero-order valence-electron chi connectivity index (χ0n) is 17.2. The molecule has 0 heterocycles. The number of benzene rings is 1. The van der Waals surface area contributed by atoms with Crippen LogP contribution in [0.3, 0.4) is 0 Å². The first-order valence-electron chi connectivity index (χ1n) is 9.91. The van der Waals surface area contributed by atoms with Crippen molar-refractivity contribution in [3.05, 3.63) is 45.7 Å². The summed E-state index contributed by atoms with van der Waals surface area (Å²) in [6.45, 7) is 3.27. The third-order valence-corrected chi connectivity index (χ3v) is 6.71. The molecule has 1 saturated carbocycles. The quantitative estimate of drug-likeness (QED) is 0.268. The van der Waals surface area contributed by atoms with Crippen LogP contribution in [0.4, 0.5) is 0 Å². The van der Waals surface area contributed by atoms with E-state index in [1.165, 1.54) is 6.07 Å². The van der Waals surface area contributed by atoms with Gasteiger partial charge in [-0.1, -0.05) is 12.8 Å². The number of hydrogen-bond donors (Lipinski definition) is 6. The lowest BCUT2D eigenvalue weighted by atomic mass is 9.55. The Bertz CT molecular complexity index is 1230. The lowest BCUT2D eigenvalue weighted by Crippen LogP contribution is -2.63. The fourth-order valence-electron chi connectivity index (χ4n) is 5.25. The van der Waals surface area contributed by atoms with E-state index >= 15 is 0 Å². The van der Waals surface area contributed by atoms with Crippen LogP contribution < -0.4 is 5.73 Å². The van der Waals surface area contributed by atoms with E-state index in [9.17, 15) is 39.9 Å². The van der Waals surface area contributed by atoms with E-state index in [0.717, 1.165) is 0 Å². The molecule has 0 bridgehead atoms. The summed E-state index contributed by atoms with van der Waals surface area (Å²) in [5, 5.41) is 54.4. The minimum Gasteiger partial charge on any atom is -0.508 e. The van der Waals surface area contributed by atoms with Gasteiger partial charge in [-0.3, -0.25) is 14.4 Å². The number of aromatic hydroxyl groups is 1. The topological polar surface area (TPSA) is 178 Å². The van der Waals surface area contributed by atoms with E-state index < -0.39 is 76.0 Å². The maximum Gasteiger partial charge on any atom is 0.255 e. The molecule has 0 spiro atoms. The van der Waals surface area contributed by atoms with E-state index in [1.54, 1.807) is 19.9 Å². The summed E-state index contributed by atoms with van der Waals surface area (Å²) < 4.78 is 0. The first-order chi connectivity index (χ1) is 15.0. The SMILES string of the molecule is CC#Cc1cc(O)c2c(c1)C(C)C1C(=C2O)C(=O)[C@]2(O)C(O)=C(C(N)=O)C(=O)CC2C1O. The van der Waals surface area contributed by atoms with Crippen molar-refractivity contribution in [2.24, 2.45) is 17.6 Å². The molecule has 32 heavy (non-hydrogen) atoms. The first-order valence-corrected chi connectivity index (χ1v) is 9.91. The van der Waals surface area contributed by atoms with Gasteiger partial charge in [-0.25, -0.2) is 0 Å². The van der Waals surface area contributed by atoms with Crippen LogP contribution in [-0.2, 0) is 14.4 Å². The van der Waals surface area contributed by atoms with Crippen LogP contribution in [0, 0.1) is 23.7 Å². The average molecular weight is 439 g/mol. The Hall–Kier alpha value is -3.61. The molecule has 9 heteroatoms. The molecule has 0 saturated heterocycles. The summed E-state index contributed by atoms with van der Waals surface area (Å²) in [4.78, 5) is 37.5. The van der Waals surface area contributed by atoms with Gasteiger partial charge in [0.05, 0.1) is 11.7 Å². The molecule has 4 rings (SSSR count). The highest BCUT2D eigenvalue weighted by atomic mass is 16.4. The molecule has 3 aliphatic rings. The highest BCUT2D eigenvalue weighted by molar-refractivity contribution is 6.23. The maximum atomic E-state index is 13.5. The Morgan fingerprint density at radius 1 is 1.22 bits per heavy atom. The second-order valence-electron chi connectivity index (χ2n) is 8.32. The standard InChI is InChI=1S/C23H21NO8/c1-3-4-9-5-10-8(2)14-17(19(28)15(10)12(25)6-9)21(30)23(32)11(18(14)27)7-13(26)16(20(23)29)22(24)31/h5-6,8,11,14,18,25,27-29,32H,7H2,1-2H3,(H2,24,31)/t8?,11?,14?,18?,23-/m1/s1. The number of rotatable bonds is 1. The fraction of sp³-hybridized carbons (Fsp3) is 0.348. The summed E-state index contributed by atoms with van der Waals surface area (Å²) in [6, 6.07) is 2.93. The largest absolute Gasteiger partial charge is 0.508 e. The van der Waals surface area contributed by atoms with Crippen LogP contribution in [0.5, 0.6) is 5.75 Å². The minimum absolute atomic E-state index is 0.0570. The number of nitrogens with two attached hydrogens (primary N) is 1. The lowest BCUT2D eigenvalue weighted by Gasteiger charge is -2.50. The van der Waals surface area contributed by atoms with Gasteiger partial charge in [0.1, 0.15) is 22.8 Å². The van der Waals surface area contributed by atoms with E-state index in [4.69, 9.17) is 5.73 Å². The van der Waals surface area contributed by atoms with Gasteiger partial charge >= 0.3 is 0 Å². The molecule has 4 unspecified atom stereocenters. The van der Waals surface area contributed by atoms with Crippen molar-refractivity contribution in [1.29, 1.82) is 0 Å². The lowest BCUT2D eigenvalue weighted by molar-refractivity contribution is -0.160. The predicted molar refractivity (Wildman–Crippen MR) is 110 cm³/mol. The van der Waals surface area contributed by atoms with Crippen LogP contribution in [0.2, 0.25) is 0 Å². The van der Waals surface area contributed by atoms with Crippen molar-refractivity contribution in [3.63, 3.8) is 0 Å². The molecule has 0 aliphatic heterocycles. The first kappa shape index (κ1) is 21.6. The second kappa shape index (κ2) is 6.95. The molecule has 1 fully saturated rings. The van der Waals surface area contributed by atoms with Crippen LogP contribution in [-0.4, -0.2) is 54.7 Å². The molecule has 7 N–H and O–H groups in total. The number of aliphatic hydroxyl groups excluding tert-OH is 3. The molecular formula is C23H21NO8. The number of phenols is 1. The van der Waals surface area contributed by atoms with Crippen molar-refractivity contribution >= 4 is 23.2 Å². The third kappa shape index (κ3) is 2.57. The predicted octanol–water partition coefficient (Wildman–Crippen LogP) is 0.327. The molecule has 3 aliphatic carbocycles. The maximum absolute atomic E-state index is 13.5. The monoisotopic (exact) mass is 439 g/mol. The van der Waals surface area contributed by atoms with Crippen LogP contribution in [0.15, 0.2) is 29.0 Å². The third-order valence-electron chi connectivity index (χ3n) is 6.71. The highest BCUT2D eigenvalue weighted by Gasteiger charge is 2.64. The van der Waals surface area contributed by atoms with Gasteiger partial charge in [-0.05, 0) is 30.5 Å². The second-order valence-corrected chi connectivity index (χ2v) is 8.32. The summed E-state index contributed by atoms with van der Waals surface area (Å²) in [6.07, 6.45) is -2.16. The number of phenolic OH excluding ortho intramolecular Hbond substituents is 1. The van der Waals surface area contributed by atoms with Crippen molar-refractivity contribution in [2.45, 2.75) is 37.9 Å². The summed E-state index contributed by atoms with van der Waals surface area (Å²) >= 11 is 0. The fourth-order valence-corrected chi connectivity index (χ4v) is 5.25. The Morgan fingerprint density at radius 2 is 1.88 bits per heavy atom. The van der Waals surface area contributed by atoms with Gasteiger partial charge in [0, 0.05) is 29.4 Å². The summed E-state index contributed by atoms with van der Waals surface area (Å²) in [7, 11) is 0. The number of hydrogen-bond acceptors (Lipinski definition) is 8. The van der Waals surface area contributed by atoms with Gasteiger partial charge in [0.2, 0.25) is 5.78 Å². The number of aliphatic hydroxyl groups is 4. The number of ketones is 2. The Labute approximate surface area is 182 Å². The van der Waals surface area contributed by atoms with Crippen molar-refractivity contribution in [1.82, 2.24) is 0 Å². The summed E-state index contributed by atoms with van der Waals surface area (Å²) in [5.41, 5.74) is 1.80. The Balaban J connectivity index is 2.01. The minimum atomic E-state index is -2.84. The number of amides is 1. The zero-order valence-corrected chi connectivity index (χ0v) is 17.2. The zero-order chi connectivity index (χ0) is 23.7. The van der Waals surface area contributed by atoms with Crippen molar-refractivity contribution in [3.8, 4) is 17.6 Å². The summed E-state index contributed by atoms with van der Waals surface area (Å²) in [5.74, 6) is -3.34. The Morgan fingerprint density at radius 3 is 2.47 bits per heavy atom. The molecule has 0 aromatic heterocycles. The molecular weight excluding hydrogens is 418 g/mol. The van der Waals surface area contributed by atoms with E-state index in [1.807, 2.05) is 0 Å². The molecule has 1 aromatic carbocycles. The van der Waals surface area contributed by atoms with Gasteiger partial charge in [-0.2, -0.15) is 0 Å². The van der Waals surface area contributed by atoms with Crippen LogP contribution >= 0.6 is 0 Å². The molecule has 1 amide bonds. The Kier molecular flexibility index (Phi) is 4.69. The van der Waals surface area contributed by atoms with Crippen LogP contribution in [0.1, 0.15) is 42.9 Å². The van der Waals surface area contributed by atoms with Gasteiger partial charge in [0.15, 0.2) is 11.4 Å². The molecule has 5 atom stereocenters.